The number of rotatable bonds is 1. The highest BCUT2D eigenvalue weighted by Gasteiger charge is 2.36. The highest BCUT2D eigenvalue weighted by atomic mass is 35.5. The summed E-state index contributed by atoms with van der Waals surface area (Å²) in [6, 6.07) is 9.19. The smallest absolute Gasteiger partial charge is 0.418 e. The van der Waals surface area contributed by atoms with Gasteiger partial charge in [-0.2, -0.15) is 13.2 Å². The third kappa shape index (κ3) is 3.06. The highest BCUT2D eigenvalue weighted by molar-refractivity contribution is 6.32. The van der Waals surface area contributed by atoms with Crippen molar-refractivity contribution < 1.29 is 17.9 Å². The van der Waals surface area contributed by atoms with E-state index in [0.29, 0.717) is 29.5 Å². The van der Waals surface area contributed by atoms with Gasteiger partial charge in [-0.05, 0) is 42.3 Å². The maximum Gasteiger partial charge on any atom is 0.418 e. The van der Waals surface area contributed by atoms with Gasteiger partial charge >= 0.3 is 6.18 Å². The number of para-hydroxylation sites is 1. The Bertz CT molecular complexity index is 950. The number of nitrogens with zero attached hydrogens (tertiary/aromatic N) is 1. The summed E-state index contributed by atoms with van der Waals surface area (Å²) in [4.78, 5) is 1.54. The summed E-state index contributed by atoms with van der Waals surface area (Å²) < 4.78 is 46.1. The number of fused-ring (bicyclic) bond motifs is 2. The maximum atomic E-state index is 13.4. The lowest BCUT2D eigenvalue weighted by Gasteiger charge is -2.32. The van der Waals surface area contributed by atoms with Crippen LogP contribution in [-0.2, 0) is 6.18 Å². The molecule has 2 aliphatic rings. The number of hydrogen-bond donors (Lipinski definition) is 0. The monoisotopic (exact) mass is 397 g/mol. The van der Waals surface area contributed by atoms with Gasteiger partial charge in [-0.3, -0.25) is 0 Å². The zero-order valence-electron chi connectivity index (χ0n) is 13.3. The van der Waals surface area contributed by atoms with Crippen LogP contribution in [0, 0.1) is 0 Å². The van der Waals surface area contributed by atoms with Gasteiger partial charge in [0, 0.05) is 23.3 Å². The Labute approximate surface area is 158 Å². The Morgan fingerprint density at radius 1 is 1.08 bits per heavy atom. The third-order valence-corrected chi connectivity index (χ3v) is 4.86. The number of benzene rings is 2. The Morgan fingerprint density at radius 3 is 2.65 bits per heavy atom. The fourth-order valence-electron chi connectivity index (χ4n) is 3.11. The highest BCUT2D eigenvalue weighted by Crippen LogP contribution is 2.43. The average Bonchev–Trinajstić information content (AvgIpc) is 2.59. The molecule has 0 fully saturated rings. The standard InChI is InChI=1S/C19H12Cl2F3NO/c20-13-4-5-16(14(9-13)19(22,23)24)25-7-6-11-8-12-2-1-3-15(21)18(12)26-17(11)10-25/h1-5,8-10H,6-7H2. The van der Waals surface area contributed by atoms with E-state index in [1.807, 2.05) is 18.2 Å². The van der Waals surface area contributed by atoms with Crippen LogP contribution in [0.15, 0.2) is 53.9 Å². The molecule has 2 heterocycles. The molecule has 0 unspecified atom stereocenters. The lowest BCUT2D eigenvalue weighted by atomic mass is 9.99. The van der Waals surface area contributed by atoms with Gasteiger partial charge in [-0.15, -0.1) is 0 Å². The number of hydrogen-bond acceptors (Lipinski definition) is 2. The summed E-state index contributed by atoms with van der Waals surface area (Å²) in [7, 11) is 0. The first-order valence-electron chi connectivity index (χ1n) is 7.85. The predicted molar refractivity (Wildman–Crippen MR) is 96.6 cm³/mol. The van der Waals surface area contributed by atoms with Crippen molar-refractivity contribution in [2.75, 3.05) is 11.4 Å². The SMILES string of the molecule is FC(F)(F)c1cc(Cl)ccc1N1C=C2Oc3c(Cl)cccc3C=C2CC1. The second-order valence-electron chi connectivity index (χ2n) is 6.03. The Morgan fingerprint density at radius 2 is 1.88 bits per heavy atom. The van der Waals surface area contributed by atoms with Crippen molar-refractivity contribution in [3.05, 3.63) is 75.1 Å². The zero-order chi connectivity index (χ0) is 18.5. The van der Waals surface area contributed by atoms with E-state index in [0.717, 1.165) is 17.2 Å². The van der Waals surface area contributed by atoms with Gasteiger partial charge < -0.3 is 9.64 Å². The molecule has 134 valence electrons. The zero-order valence-corrected chi connectivity index (χ0v) is 14.8. The molecule has 2 aromatic carbocycles. The van der Waals surface area contributed by atoms with E-state index in [-0.39, 0.29) is 10.7 Å². The van der Waals surface area contributed by atoms with Crippen molar-refractivity contribution >= 4 is 35.0 Å². The predicted octanol–water partition coefficient (Wildman–Crippen LogP) is 6.54. The first-order valence-corrected chi connectivity index (χ1v) is 8.61. The maximum absolute atomic E-state index is 13.4. The summed E-state index contributed by atoms with van der Waals surface area (Å²) in [6.07, 6.45) is -0.406. The molecule has 0 amide bonds. The van der Waals surface area contributed by atoms with Crippen molar-refractivity contribution in [3.63, 3.8) is 0 Å². The second kappa shape index (κ2) is 6.25. The van der Waals surface area contributed by atoms with Gasteiger partial charge in [0.15, 0.2) is 5.75 Å². The summed E-state index contributed by atoms with van der Waals surface area (Å²) in [6.45, 7) is 0.402. The minimum Gasteiger partial charge on any atom is -0.453 e. The van der Waals surface area contributed by atoms with Crippen LogP contribution < -0.4 is 9.64 Å². The lowest BCUT2D eigenvalue weighted by Crippen LogP contribution is -2.28. The average molecular weight is 398 g/mol. The van der Waals surface area contributed by atoms with Crippen LogP contribution in [0.25, 0.3) is 6.08 Å². The fraction of sp³-hybridized carbons (Fsp3) is 0.158. The lowest BCUT2D eigenvalue weighted by molar-refractivity contribution is -0.137. The van der Waals surface area contributed by atoms with E-state index in [4.69, 9.17) is 27.9 Å². The fourth-order valence-corrected chi connectivity index (χ4v) is 3.50. The number of halogens is 5. The molecule has 4 rings (SSSR count). The topological polar surface area (TPSA) is 12.5 Å². The third-order valence-electron chi connectivity index (χ3n) is 4.32. The van der Waals surface area contributed by atoms with Crippen molar-refractivity contribution in [1.82, 2.24) is 0 Å². The van der Waals surface area contributed by atoms with Crippen molar-refractivity contribution in [1.29, 1.82) is 0 Å². The Kier molecular flexibility index (Phi) is 4.16. The Hall–Kier alpha value is -2.11. The van der Waals surface area contributed by atoms with Gasteiger partial charge in [0.25, 0.3) is 0 Å². The number of alkyl halides is 3. The van der Waals surface area contributed by atoms with Gasteiger partial charge in [0.1, 0.15) is 5.76 Å². The summed E-state index contributed by atoms with van der Waals surface area (Å²) >= 11 is 11.9. The molecule has 0 aromatic heterocycles. The van der Waals surface area contributed by atoms with Crippen molar-refractivity contribution in [2.24, 2.45) is 0 Å². The molecule has 0 saturated carbocycles. The largest absolute Gasteiger partial charge is 0.453 e. The van der Waals surface area contributed by atoms with Crippen LogP contribution >= 0.6 is 23.2 Å². The Balaban J connectivity index is 1.76. The van der Waals surface area contributed by atoms with Gasteiger partial charge in [-0.1, -0.05) is 35.3 Å². The molecule has 2 aromatic rings. The second-order valence-corrected chi connectivity index (χ2v) is 6.87. The molecule has 2 nitrogen and oxygen atoms in total. The molecular weight excluding hydrogens is 386 g/mol. The molecule has 2 aliphatic heterocycles. The summed E-state index contributed by atoms with van der Waals surface area (Å²) in [5.41, 5.74) is 1.06. The van der Waals surface area contributed by atoms with Crippen LogP contribution in [0.2, 0.25) is 10.0 Å². The van der Waals surface area contributed by atoms with Crippen molar-refractivity contribution in [3.8, 4) is 5.75 Å². The minimum absolute atomic E-state index is 0.0425. The van der Waals surface area contributed by atoms with E-state index in [9.17, 15) is 13.2 Å². The van der Waals surface area contributed by atoms with E-state index in [1.54, 1.807) is 12.3 Å². The number of allylic oxidation sites excluding steroid dienone is 1. The van der Waals surface area contributed by atoms with Crippen LogP contribution in [0.3, 0.4) is 0 Å². The molecular formula is C19H12Cl2F3NO. The molecule has 0 aliphatic carbocycles. The molecule has 7 heteroatoms. The molecule has 0 bridgehead atoms. The normalized spacial score (nSPS) is 16.3. The van der Waals surface area contributed by atoms with Crippen LogP contribution in [0.1, 0.15) is 17.5 Å². The quantitative estimate of drug-likeness (QED) is 0.541. The molecule has 0 radical (unpaired) electrons. The van der Waals surface area contributed by atoms with E-state index in [1.165, 1.54) is 17.0 Å². The van der Waals surface area contributed by atoms with E-state index >= 15 is 0 Å². The van der Waals surface area contributed by atoms with E-state index < -0.39 is 11.7 Å². The summed E-state index contributed by atoms with van der Waals surface area (Å²) in [5, 5.41) is 0.499. The molecule has 0 spiro atoms. The summed E-state index contributed by atoms with van der Waals surface area (Å²) in [5.74, 6) is 1.01. The molecule has 0 saturated heterocycles. The van der Waals surface area contributed by atoms with Gasteiger partial charge in [0.05, 0.1) is 16.3 Å². The van der Waals surface area contributed by atoms with Gasteiger partial charge in [-0.25, -0.2) is 0 Å². The minimum atomic E-state index is -4.50. The molecule has 0 N–H and O–H groups in total. The van der Waals surface area contributed by atoms with Gasteiger partial charge in [0.2, 0.25) is 0 Å². The first-order chi connectivity index (χ1) is 12.3. The number of anilines is 1. The van der Waals surface area contributed by atoms with Crippen LogP contribution in [0.4, 0.5) is 18.9 Å². The molecule has 0 atom stereocenters. The first kappa shape index (κ1) is 17.3. The number of ether oxygens (including phenoxy) is 1. The van der Waals surface area contributed by atoms with Crippen LogP contribution in [0.5, 0.6) is 5.75 Å². The van der Waals surface area contributed by atoms with Crippen molar-refractivity contribution in [2.45, 2.75) is 12.6 Å². The van der Waals surface area contributed by atoms with Crippen LogP contribution in [-0.4, -0.2) is 6.54 Å². The van der Waals surface area contributed by atoms with E-state index in [2.05, 4.69) is 0 Å². The molecule has 26 heavy (non-hydrogen) atoms.